The lowest BCUT2D eigenvalue weighted by Gasteiger charge is -2.21. The predicted octanol–water partition coefficient (Wildman–Crippen LogP) is 2.20. The zero-order chi connectivity index (χ0) is 15.7. The zero-order valence-corrected chi connectivity index (χ0v) is 12.5. The van der Waals surface area contributed by atoms with Crippen LogP contribution in [-0.2, 0) is 5.54 Å². The molecule has 1 unspecified atom stereocenters. The number of rotatable bonds is 4. The van der Waals surface area contributed by atoms with Gasteiger partial charge in [-0.2, -0.15) is 5.43 Å². The first kappa shape index (κ1) is 13.6. The summed E-state index contributed by atoms with van der Waals surface area (Å²) in [7, 11) is 0. The Kier molecular flexibility index (Phi) is 3.12. The summed E-state index contributed by atoms with van der Waals surface area (Å²) >= 11 is 0. The minimum absolute atomic E-state index is 0.117. The maximum atomic E-state index is 12.8. The van der Waals surface area contributed by atoms with Crippen LogP contribution in [0.5, 0.6) is 0 Å². The van der Waals surface area contributed by atoms with Crippen molar-refractivity contribution >= 4 is 5.57 Å². The Morgan fingerprint density at radius 1 is 0.739 bits per heavy atom. The van der Waals surface area contributed by atoms with Crippen molar-refractivity contribution in [3.05, 3.63) is 108 Å². The third-order valence-electron chi connectivity index (χ3n) is 4.16. The number of pyridine rings is 1. The molecule has 112 valence electrons. The van der Waals surface area contributed by atoms with Gasteiger partial charge in [0.15, 0.2) is 17.9 Å². The topological polar surface area (TPSA) is 39.0 Å². The van der Waals surface area contributed by atoms with Crippen LogP contribution in [0.2, 0.25) is 0 Å². The first-order valence-corrected chi connectivity index (χ1v) is 7.60. The van der Waals surface area contributed by atoms with Crippen LogP contribution in [0.4, 0.5) is 0 Å². The molecule has 0 spiro atoms. The summed E-state index contributed by atoms with van der Waals surface area (Å²) < 4.78 is 1.83. The fourth-order valence-electron chi connectivity index (χ4n) is 3.01. The minimum atomic E-state index is -0.783. The molecule has 0 amide bonds. The number of nitrogens with zero attached hydrogens (tertiary/aromatic N) is 1. The van der Waals surface area contributed by atoms with Crippen LogP contribution in [-0.4, -0.2) is 0 Å². The van der Waals surface area contributed by atoms with Crippen LogP contribution in [0.1, 0.15) is 11.1 Å². The number of benzene rings is 2. The molecule has 1 aliphatic rings. The lowest BCUT2D eigenvalue weighted by Crippen LogP contribution is -2.52. The summed E-state index contributed by atoms with van der Waals surface area (Å²) in [6, 6.07) is 25.5. The van der Waals surface area contributed by atoms with Crippen molar-refractivity contribution in [2.75, 3.05) is 5.43 Å². The third kappa shape index (κ3) is 2.18. The smallest absolute Gasteiger partial charge is 0.199 e. The van der Waals surface area contributed by atoms with Gasteiger partial charge in [-0.3, -0.25) is 0 Å². The van der Waals surface area contributed by atoms with Crippen LogP contribution in [0.15, 0.2) is 97.0 Å². The maximum Gasteiger partial charge on any atom is 0.199 e. The quantitative estimate of drug-likeness (QED) is 0.750. The standard InChI is InChI=1S/C20H16N2O/c23-19-18(16-10-4-1-5-11-16)20(19,17-12-6-2-7-13-17)21-22-14-8-3-9-15-22/h1-15,21H. The van der Waals surface area contributed by atoms with E-state index >= 15 is 0 Å². The summed E-state index contributed by atoms with van der Waals surface area (Å²) in [5.74, 6) is 0.117. The Morgan fingerprint density at radius 2 is 1.30 bits per heavy atom. The molecule has 0 radical (unpaired) electrons. The van der Waals surface area contributed by atoms with Crippen LogP contribution in [0.3, 0.4) is 0 Å². The van der Waals surface area contributed by atoms with Crippen molar-refractivity contribution in [3.8, 4) is 0 Å². The Morgan fingerprint density at radius 3 is 1.96 bits per heavy atom. The van der Waals surface area contributed by atoms with Gasteiger partial charge in [-0.1, -0.05) is 77.2 Å². The molecule has 0 saturated carbocycles. The highest BCUT2D eigenvalue weighted by atomic mass is 16.3. The van der Waals surface area contributed by atoms with E-state index in [0.717, 1.165) is 16.7 Å². The molecule has 0 saturated heterocycles. The van der Waals surface area contributed by atoms with Crippen molar-refractivity contribution in [1.29, 1.82) is 0 Å². The van der Waals surface area contributed by atoms with E-state index in [0.29, 0.717) is 0 Å². The Hall–Kier alpha value is -3.07. The van der Waals surface area contributed by atoms with Crippen LogP contribution >= 0.6 is 0 Å². The number of hydrogen-bond acceptors (Lipinski definition) is 2. The summed E-state index contributed by atoms with van der Waals surface area (Å²) in [4.78, 5) is 0. The summed E-state index contributed by atoms with van der Waals surface area (Å²) in [6.07, 6.45) is 3.80. The van der Waals surface area contributed by atoms with Crippen molar-refractivity contribution < 1.29 is 9.78 Å². The molecule has 3 heteroatoms. The summed E-state index contributed by atoms with van der Waals surface area (Å²) in [5, 5.41) is 12.8. The largest absolute Gasteiger partial charge is 0.873 e. The normalized spacial score (nSPS) is 19.5. The second kappa shape index (κ2) is 5.29. The monoisotopic (exact) mass is 300 g/mol. The molecule has 2 aromatic carbocycles. The zero-order valence-electron chi connectivity index (χ0n) is 12.5. The van der Waals surface area contributed by atoms with Crippen molar-refractivity contribution in [1.82, 2.24) is 0 Å². The number of nitrogens with one attached hydrogen (secondary N) is 1. The van der Waals surface area contributed by atoms with E-state index in [-0.39, 0.29) is 5.76 Å². The van der Waals surface area contributed by atoms with E-state index in [1.807, 2.05) is 95.9 Å². The Balaban J connectivity index is 1.79. The highest BCUT2D eigenvalue weighted by molar-refractivity contribution is 5.94. The summed E-state index contributed by atoms with van der Waals surface area (Å²) in [5.41, 5.74) is 5.32. The predicted molar refractivity (Wildman–Crippen MR) is 87.5 cm³/mol. The molecule has 0 aliphatic heterocycles. The van der Waals surface area contributed by atoms with E-state index in [1.165, 1.54) is 0 Å². The molecular formula is C20H16N2O. The third-order valence-corrected chi connectivity index (χ3v) is 4.16. The van der Waals surface area contributed by atoms with Gasteiger partial charge in [0, 0.05) is 12.1 Å². The minimum Gasteiger partial charge on any atom is -0.873 e. The van der Waals surface area contributed by atoms with E-state index in [4.69, 9.17) is 0 Å². The number of aromatic nitrogens is 1. The molecule has 3 nitrogen and oxygen atoms in total. The number of hydrogen-bond donors (Lipinski definition) is 1. The van der Waals surface area contributed by atoms with E-state index in [1.54, 1.807) is 0 Å². The molecule has 23 heavy (non-hydrogen) atoms. The van der Waals surface area contributed by atoms with Crippen LogP contribution in [0, 0.1) is 0 Å². The second-order valence-corrected chi connectivity index (χ2v) is 5.58. The van der Waals surface area contributed by atoms with Crippen molar-refractivity contribution in [2.45, 2.75) is 5.54 Å². The molecule has 0 bridgehead atoms. The van der Waals surface area contributed by atoms with Crippen LogP contribution in [0.25, 0.3) is 5.57 Å². The van der Waals surface area contributed by atoms with Gasteiger partial charge >= 0.3 is 0 Å². The average molecular weight is 300 g/mol. The fourth-order valence-corrected chi connectivity index (χ4v) is 3.01. The molecule has 1 N–H and O–H groups in total. The van der Waals surface area contributed by atoms with Gasteiger partial charge in [-0.05, 0) is 16.7 Å². The average Bonchev–Trinajstić information content (AvgIpc) is 3.22. The van der Waals surface area contributed by atoms with Gasteiger partial charge < -0.3 is 5.11 Å². The summed E-state index contributed by atoms with van der Waals surface area (Å²) in [6.45, 7) is 0. The lowest BCUT2D eigenvalue weighted by atomic mass is 9.97. The van der Waals surface area contributed by atoms with Crippen molar-refractivity contribution in [2.24, 2.45) is 0 Å². The Bertz CT molecular complexity index is 845. The van der Waals surface area contributed by atoms with E-state index < -0.39 is 5.54 Å². The Labute approximate surface area is 135 Å². The van der Waals surface area contributed by atoms with Gasteiger partial charge in [0.05, 0.1) is 0 Å². The molecule has 4 rings (SSSR count). The highest BCUT2D eigenvalue weighted by Gasteiger charge is 2.52. The van der Waals surface area contributed by atoms with Crippen molar-refractivity contribution in [3.63, 3.8) is 0 Å². The molecule has 1 heterocycles. The molecule has 1 atom stereocenters. The van der Waals surface area contributed by atoms with E-state index in [2.05, 4.69) is 5.43 Å². The first-order valence-electron chi connectivity index (χ1n) is 7.60. The molecule has 0 fully saturated rings. The van der Waals surface area contributed by atoms with Gasteiger partial charge in [-0.15, -0.1) is 0 Å². The van der Waals surface area contributed by atoms with Gasteiger partial charge in [0.2, 0.25) is 0 Å². The van der Waals surface area contributed by atoms with Gasteiger partial charge in [-0.25, -0.2) is 0 Å². The first-order chi connectivity index (χ1) is 11.3. The fraction of sp³-hybridized carbons (Fsp3) is 0.0500. The highest BCUT2D eigenvalue weighted by Crippen LogP contribution is 2.54. The van der Waals surface area contributed by atoms with E-state index in [9.17, 15) is 5.11 Å². The second-order valence-electron chi connectivity index (χ2n) is 5.58. The maximum absolute atomic E-state index is 12.8. The SMILES string of the molecule is [O-]C1=C(c2ccccc2)C1(N[n+]1ccccc1)c1ccccc1. The molecule has 3 aromatic rings. The molecule has 1 aromatic heterocycles. The molecule has 1 aliphatic carbocycles. The molecular weight excluding hydrogens is 284 g/mol. The van der Waals surface area contributed by atoms with Gasteiger partial charge in [0.1, 0.15) is 0 Å². The lowest BCUT2D eigenvalue weighted by molar-refractivity contribution is -0.656. The van der Waals surface area contributed by atoms with Gasteiger partial charge in [0.25, 0.3) is 0 Å². The van der Waals surface area contributed by atoms with Crippen LogP contribution < -0.4 is 15.2 Å².